The van der Waals surface area contributed by atoms with Crippen molar-refractivity contribution >= 4 is 17.4 Å². The molecule has 0 radical (unpaired) electrons. The molecule has 1 amide bonds. The molecule has 0 spiro atoms. The van der Waals surface area contributed by atoms with E-state index in [1.165, 1.54) is 0 Å². The van der Waals surface area contributed by atoms with Gasteiger partial charge in [-0.1, -0.05) is 13.3 Å². The number of benzene rings is 1. The van der Waals surface area contributed by atoms with E-state index in [-0.39, 0.29) is 5.91 Å². The lowest BCUT2D eigenvalue weighted by Crippen LogP contribution is -2.14. The normalized spacial score (nSPS) is 10.4. The first-order valence-electron chi connectivity index (χ1n) is 6.30. The second-order valence-corrected chi connectivity index (χ2v) is 4.47. The first-order chi connectivity index (χ1) is 9.10. The van der Waals surface area contributed by atoms with Crippen molar-refractivity contribution in [1.82, 2.24) is 9.78 Å². The van der Waals surface area contributed by atoms with E-state index < -0.39 is 0 Å². The van der Waals surface area contributed by atoms with E-state index in [2.05, 4.69) is 17.3 Å². The lowest BCUT2D eigenvalue weighted by Gasteiger charge is -2.05. The van der Waals surface area contributed by atoms with Gasteiger partial charge < -0.3 is 11.1 Å². The third kappa shape index (κ3) is 3.13. The van der Waals surface area contributed by atoms with Crippen LogP contribution in [0.25, 0.3) is 0 Å². The third-order valence-corrected chi connectivity index (χ3v) is 2.85. The van der Waals surface area contributed by atoms with Gasteiger partial charge in [-0.2, -0.15) is 5.10 Å². The molecule has 0 fully saturated rings. The Balaban J connectivity index is 2.12. The molecule has 1 aromatic carbocycles. The van der Waals surface area contributed by atoms with Crippen molar-refractivity contribution in [2.75, 3.05) is 11.1 Å². The van der Waals surface area contributed by atoms with E-state index in [4.69, 9.17) is 5.73 Å². The van der Waals surface area contributed by atoms with E-state index in [1.54, 1.807) is 28.9 Å². The van der Waals surface area contributed by atoms with Crippen molar-refractivity contribution in [2.45, 2.75) is 19.8 Å². The summed E-state index contributed by atoms with van der Waals surface area (Å²) < 4.78 is 1.68. The van der Waals surface area contributed by atoms with Crippen LogP contribution < -0.4 is 11.1 Å². The number of carbonyl (C=O) groups excluding carboxylic acids is 1. The summed E-state index contributed by atoms with van der Waals surface area (Å²) >= 11 is 0. The quantitative estimate of drug-likeness (QED) is 0.826. The molecule has 0 atom stereocenters. The van der Waals surface area contributed by atoms with Crippen molar-refractivity contribution in [3.63, 3.8) is 0 Å². The van der Waals surface area contributed by atoms with E-state index in [1.807, 2.05) is 13.1 Å². The van der Waals surface area contributed by atoms with Crippen LogP contribution in [0.2, 0.25) is 0 Å². The van der Waals surface area contributed by atoms with E-state index in [0.29, 0.717) is 17.1 Å². The summed E-state index contributed by atoms with van der Waals surface area (Å²) in [5, 5.41) is 7.19. The maximum absolute atomic E-state index is 12.1. The molecule has 0 saturated carbocycles. The summed E-state index contributed by atoms with van der Waals surface area (Å²) in [4.78, 5) is 12.1. The number of carbonyl (C=O) groups is 1. The smallest absolute Gasteiger partial charge is 0.256 e. The number of rotatable bonds is 4. The lowest BCUT2D eigenvalue weighted by molar-refractivity contribution is 0.102. The van der Waals surface area contributed by atoms with Gasteiger partial charge in [0.05, 0.1) is 5.69 Å². The van der Waals surface area contributed by atoms with Gasteiger partial charge in [-0.05, 0) is 30.7 Å². The van der Waals surface area contributed by atoms with E-state index in [0.717, 1.165) is 18.5 Å². The molecular weight excluding hydrogens is 240 g/mol. The monoisotopic (exact) mass is 258 g/mol. The summed E-state index contributed by atoms with van der Waals surface area (Å²) in [5.74, 6) is 0.538. The van der Waals surface area contributed by atoms with Crippen LogP contribution in [0.1, 0.15) is 29.4 Å². The molecule has 3 N–H and O–H groups in total. The fraction of sp³-hybridized carbons (Fsp3) is 0.286. The van der Waals surface area contributed by atoms with Crippen molar-refractivity contribution in [1.29, 1.82) is 0 Å². The van der Waals surface area contributed by atoms with Crippen LogP contribution in [0.4, 0.5) is 11.5 Å². The van der Waals surface area contributed by atoms with Crippen LogP contribution in [-0.4, -0.2) is 15.7 Å². The molecule has 0 aliphatic heterocycles. The summed E-state index contributed by atoms with van der Waals surface area (Å²) in [6.45, 7) is 2.10. The maximum atomic E-state index is 12.1. The molecule has 1 heterocycles. The SMILES string of the molecule is CCCc1cc(NC(=O)c2ccc(N)cc2)n(C)n1. The van der Waals surface area contributed by atoms with Gasteiger partial charge in [0.25, 0.3) is 5.91 Å². The van der Waals surface area contributed by atoms with E-state index in [9.17, 15) is 4.79 Å². The number of hydrogen-bond acceptors (Lipinski definition) is 3. The van der Waals surface area contributed by atoms with Gasteiger partial charge in [-0.25, -0.2) is 0 Å². The molecule has 0 unspecified atom stereocenters. The minimum atomic E-state index is -0.161. The zero-order valence-corrected chi connectivity index (χ0v) is 11.2. The Morgan fingerprint density at radius 3 is 2.68 bits per heavy atom. The molecule has 0 saturated heterocycles. The predicted molar refractivity (Wildman–Crippen MR) is 76.0 cm³/mol. The average Bonchev–Trinajstić information content (AvgIpc) is 2.71. The van der Waals surface area contributed by atoms with Crippen LogP contribution in [0.15, 0.2) is 30.3 Å². The molecule has 5 heteroatoms. The molecule has 19 heavy (non-hydrogen) atoms. The highest BCUT2D eigenvalue weighted by molar-refractivity contribution is 6.04. The first kappa shape index (κ1) is 13.1. The minimum absolute atomic E-state index is 0.161. The average molecular weight is 258 g/mol. The van der Waals surface area contributed by atoms with Crippen molar-refractivity contribution in [2.24, 2.45) is 7.05 Å². The third-order valence-electron chi connectivity index (χ3n) is 2.85. The van der Waals surface area contributed by atoms with Gasteiger partial charge in [-0.15, -0.1) is 0 Å². The van der Waals surface area contributed by atoms with Gasteiger partial charge in [-0.3, -0.25) is 9.48 Å². The van der Waals surface area contributed by atoms with Crippen molar-refractivity contribution < 1.29 is 4.79 Å². The summed E-state index contributed by atoms with van der Waals surface area (Å²) in [6.07, 6.45) is 1.94. The highest BCUT2D eigenvalue weighted by Gasteiger charge is 2.10. The molecule has 0 aliphatic rings. The summed E-state index contributed by atoms with van der Waals surface area (Å²) in [6, 6.07) is 8.72. The van der Waals surface area contributed by atoms with Gasteiger partial charge >= 0.3 is 0 Å². The highest BCUT2D eigenvalue weighted by Crippen LogP contribution is 2.13. The van der Waals surface area contributed by atoms with Crippen LogP contribution in [0, 0.1) is 0 Å². The van der Waals surface area contributed by atoms with Crippen LogP contribution in [0.5, 0.6) is 0 Å². The Kier molecular flexibility index (Phi) is 3.85. The van der Waals surface area contributed by atoms with Crippen LogP contribution >= 0.6 is 0 Å². The number of aryl methyl sites for hydroxylation is 2. The molecule has 2 aromatic rings. The van der Waals surface area contributed by atoms with Crippen molar-refractivity contribution in [3.8, 4) is 0 Å². The molecule has 1 aromatic heterocycles. The zero-order valence-electron chi connectivity index (χ0n) is 11.2. The number of nitrogens with two attached hydrogens (primary N) is 1. The van der Waals surface area contributed by atoms with Crippen LogP contribution in [0.3, 0.4) is 0 Å². The predicted octanol–water partition coefficient (Wildman–Crippen LogP) is 2.21. The Labute approximate surface area is 112 Å². The summed E-state index contributed by atoms with van der Waals surface area (Å²) in [5.41, 5.74) is 7.80. The van der Waals surface area contributed by atoms with E-state index >= 15 is 0 Å². The van der Waals surface area contributed by atoms with Gasteiger partial charge in [0.2, 0.25) is 0 Å². The number of nitrogens with zero attached hydrogens (tertiary/aromatic N) is 2. The molecule has 5 nitrogen and oxygen atoms in total. The second-order valence-electron chi connectivity index (χ2n) is 4.47. The molecular formula is C14H18N4O. The minimum Gasteiger partial charge on any atom is -0.399 e. The maximum Gasteiger partial charge on any atom is 0.256 e. The van der Waals surface area contributed by atoms with Gasteiger partial charge in [0.15, 0.2) is 0 Å². The number of amides is 1. The fourth-order valence-corrected chi connectivity index (χ4v) is 1.84. The number of nitrogens with one attached hydrogen (secondary N) is 1. The number of aromatic nitrogens is 2. The Bertz CT molecular complexity index is 572. The number of anilines is 2. The lowest BCUT2D eigenvalue weighted by atomic mass is 10.2. The van der Waals surface area contributed by atoms with Gasteiger partial charge in [0, 0.05) is 24.4 Å². The Morgan fingerprint density at radius 2 is 2.05 bits per heavy atom. The Hall–Kier alpha value is -2.30. The zero-order chi connectivity index (χ0) is 13.8. The highest BCUT2D eigenvalue weighted by atomic mass is 16.1. The number of hydrogen-bond donors (Lipinski definition) is 2. The van der Waals surface area contributed by atoms with Crippen LogP contribution in [-0.2, 0) is 13.5 Å². The van der Waals surface area contributed by atoms with Crippen molar-refractivity contribution in [3.05, 3.63) is 41.6 Å². The first-order valence-corrected chi connectivity index (χ1v) is 6.30. The molecule has 100 valence electrons. The second kappa shape index (κ2) is 5.56. The Morgan fingerprint density at radius 1 is 1.37 bits per heavy atom. The fourth-order valence-electron chi connectivity index (χ4n) is 1.84. The topological polar surface area (TPSA) is 72.9 Å². The van der Waals surface area contributed by atoms with Gasteiger partial charge in [0.1, 0.15) is 5.82 Å². The largest absolute Gasteiger partial charge is 0.399 e. The summed E-state index contributed by atoms with van der Waals surface area (Å²) in [7, 11) is 1.82. The number of nitrogen functional groups attached to an aromatic ring is 1. The molecule has 2 rings (SSSR count). The molecule has 0 aliphatic carbocycles. The molecule has 0 bridgehead atoms. The standard InChI is InChI=1S/C14H18N4O/c1-3-4-12-9-13(18(2)17-12)16-14(19)10-5-7-11(15)8-6-10/h5-9H,3-4,15H2,1-2H3,(H,16,19).